The molecule has 1 unspecified atom stereocenters. The molecule has 0 spiro atoms. The molecule has 1 aromatic carbocycles. The number of nitrogens with zero attached hydrogens (tertiary/aromatic N) is 1. The fraction of sp³-hybridized carbons (Fsp3) is 0.357. The van der Waals surface area contributed by atoms with E-state index in [-0.39, 0.29) is 11.9 Å². The van der Waals surface area contributed by atoms with Gasteiger partial charge in [0.15, 0.2) is 0 Å². The molecule has 2 rings (SSSR count). The second-order valence-electron chi connectivity index (χ2n) is 4.92. The van der Waals surface area contributed by atoms with Gasteiger partial charge in [0.25, 0.3) is 0 Å². The monoisotopic (exact) mass is 247 g/mol. The first-order valence-corrected chi connectivity index (χ1v) is 6.06. The van der Waals surface area contributed by atoms with Crippen molar-refractivity contribution in [3.8, 4) is 11.3 Å². The van der Waals surface area contributed by atoms with Crippen LogP contribution < -0.4 is 5.73 Å². The van der Waals surface area contributed by atoms with Crippen molar-refractivity contribution in [2.45, 2.75) is 26.8 Å². The lowest BCUT2D eigenvalue weighted by Crippen LogP contribution is -2.18. The Morgan fingerprint density at radius 2 is 2.06 bits per heavy atom. The van der Waals surface area contributed by atoms with Crippen molar-refractivity contribution in [2.75, 3.05) is 0 Å². The van der Waals surface area contributed by atoms with E-state index in [0.29, 0.717) is 11.5 Å². The third kappa shape index (κ3) is 2.43. The number of imidazole rings is 1. The van der Waals surface area contributed by atoms with E-state index in [1.165, 1.54) is 6.07 Å². The van der Waals surface area contributed by atoms with E-state index in [4.69, 9.17) is 5.73 Å². The Balaban J connectivity index is 2.32. The number of benzene rings is 1. The van der Waals surface area contributed by atoms with E-state index in [1.54, 1.807) is 25.3 Å². The summed E-state index contributed by atoms with van der Waals surface area (Å²) in [5.74, 6) is 0.887. The molecule has 18 heavy (non-hydrogen) atoms. The fourth-order valence-corrected chi connectivity index (χ4v) is 1.78. The number of nitrogens with one attached hydrogen (secondary N) is 1. The van der Waals surface area contributed by atoms with Gasteiger partial charge in [-0.15, -0.1) is 0 Å². The molecule has 3 nitrogen and oxygen atoms in total. The molecule has 0 aliphatic rings. The number of rotatable bonds is 3. The number of halogens is 1. The molecule has 1 heterocycles. The standard InChI is InChI=1S/C14H18FN3/c1-8(2)13(16)14-17-7-12(18-14)10-4-5-11(15)9(3)6-10/h4-8,13H,16H2,1-3H3,(H,17,18). The predicted octanol–water partition coefficient (Wildman–Crippen LogP) is 3.18. The van der Waals surface area contributed by atoms with Gasteiger partial charge >= 0.3 is 0 Å². The van der Waals surface area contributed by atoms with Crippen LogP contribution in [0, 0.1) is 18.7 Å². The molecule has 2 aromatic rings. The van der Waals surface area contributed by atoms with Crippen LogP contribution in [0.1, 0.15) is 31.3 Å². The van der Waals surface area contributed by atoms with Crippen LogP contribution in [-0.2, 0) is 0 Å². The number of hydrogen-bond acceptors (Lipinski definition) is 2. The lowest BCUT2D eigenvalue weighted by molar-refractivity contribution is 0.494. The van der Waals surface area contributed by atoms with Gasteiger partial charge in [-0.25, -0.2) is 9.37 Å². The van der Waals surface area contributed by atoms with Gasteiger partial charge in [-0.1, -0.05) is 13.8 Å². The van der Waals surface area contributed by atoms with E-state index in [2.05, 4.69) is 23.8 Å². The second kappa shape index (κ2) is 4.90. The van der Waals surface area contributed by atoms with E-state index in [9.17, 15) is 4.39 Å². The molecule has 0 radical (unpaired) electrons. The molecule has 96 valence electrons. The average molecular weight is 247 g/mol. The Kier molecular flexibility index (Phi) is 3.48. The first-order chi connectivity index (χ1) is 8.49. The molecule has 0 aliphatic carbocycles. The minimum absolute atomic E-state index is 0.111. The van der Waals surface area contributed by atoms with Crippen LogP contribution >= 0.6 is 0 Å². The summed E-state index contributed by atoms with van der Waals surface area (Å²) in [6, 6.07) is 4.89. The van der Waals surface area contributed by atoms with Crippen molar-refractivity contribution in [1.82, 2.24) is 9.97 Å². The predicted molar refractivity (Wildman–Crippen MR) is 70.5 cm³/mol. The van der Waals surface area contributed by atoms with Gasteiger partial charge in [-0.2, -0.15) is 0 Å². The lowest BCUT2D eigenvalue weighted by Gasteiger charge is -2.12. The van der Waals surface area contributed by atoms with Crippen LogP contribution in [0.3, 0.4) is 0 Å². The van der Waals surface area contributed by atoms with Crippen LogP contribution in [0.25, 0.3) is 11.3 Å². The number of aromatic nitrogens is 2. The highest BCUT2D eigenvalue weighted by Gasteiger charge is 2.14. The number of H-pyrrole nitrogens is 1. The molecule has 0 aliphatic heterocycles. The Morgan fingerprint density at radius 1 is 1.33 bits per heavy atom. The summed E-state index contributed by atoms with van der Waals surface area (Å²) >= 11 is 0. The molecule has 0 saturated carbocycles. The minimum atomic E-state index is -0.197. The van der Waals surface area contributed by atoms with Crippen LogP contribution in [0.15, 0.2) is 24.4 Å². The molecule has 4 heteroatoms. The zero-order chi connectivity index (χ0) is 13.3. The summed E-state index contributed by atoms with van der Waals surface area (Å²) < 4.78 is 13.2. The molecule has 3 N–H and O–H groups in total. The van der Waals surface area contributed by atoms with Crippen molar-refractivity contribution >= 4 is 0 Å². The van der Waals surface area contributed by atoms with Crippen molar-refractivity contribution in [1.29, 1.82) is 0 Å². The maximum atomic E-state index is 13.2. The van der Waals surface area contributed by atoms with Crippen LogP contribution in [0.2, 0.25) is 0 Å². The van der Waals surface area contributed by atoms with Gasteiger partial charge < -0.3 is 10.7 Å². The van der Waals surface area contributed by atoms with Crippen molar-refractivity contribution in [2.24, 2.45) is 11.7 Å². The third-order valence-corrected chi connectivity index (χ3v) is 3.10. The molecule has 0 saturated heterocycles. The Labute approximate surface area is 106 Å². The third-order valence-electron chi connectivity index (χ3n) is 3.10. The summed E-state index contributed by atoms with van der Waals surface area (Å²) in [5, 5.41) is 0. The Hall–Kier alpha value is -1.68. The summed E-state index contributed by atoms with van der Waals surface area (Å²) in [6.45, 7) is 5.85. The SMILES string of the molecule is Cc1cc(-c2cnc(C(N)C(C)C)[nH]2)ccc1F. The molecular formula is C14H18FN3. The maximum Gasteiger partial charge on any atom is 0.126 e. The van der Waals surface area contributed by atoms with Crippen LogP contribution in [0.4, 0.5) is 4.39 Å². The second-order valence-corrected chi connectivity index (χ2v) is 4.92. The van der Waals surface area contributed by atoms with Crippen LogP contribution in [-0.4, -0.2) is 9.97 Å². The first-order valence-electron chi connectivity index (χ1n) is 6.06. The van der Waals surface area contributed by atoms with Gasteiger partial charge in [-0.3, -0.25) is 0 Å². The first kappa shape index (κ1) is 12.8. The lowest BCUT2D eigenvalue weighted by atomic mass is 10.1. The number of aromatic amines is 1. The van der Waals surface area contributed by atoms with Gasteiger partial charge in [0, 0.05) is 5.56 Å². The highest BCUT2D eigenvalue weighted by Crippen LogP contribution is 2.23. The summed E-state index contributed by atoms with van der Waals surface area (Å²) in [5.41, 5.74) is 8.44. The van der Waals surface area contributed by atoms with E-state index >= 15 is 0 Å². The van der Waals surface area contributed by atoms with Crippen molar-refractivity contribution < 1.29 is 4.39 Å². The van der Waals surface area contributed by atoms with Gasteiger partial charge in [0.2, 0.25) is 0 Å². The quantitative estimate of drug-likeness (QED) is 0.875. The summed E-state index contributed by atoms with van der Waals surface area (Å²) in [7, 11) is 0. The Bertz CT molecular complexity index is 546. The molecular weight excluding hydrogens is 229 g/mol. The van der Waals surface area contributed by atoms with Gasteiger partial charge in [-0.05, 0) is 36.6 Å². The molecule has 0 bridgehead atoms. The molecule has 0 amide bonds. The molecule has 1 aromatic heterocycles. The van der Waals surface area contributed by atoms with Crippen molar-refractivity contribution in [3.05, 3.63) is 41.6 Å². The average Bonchev–Trinajstić information content (AvgIpc) is 2.81. The smallest absolute Gasteiger partial charge is 0.126 e. The zero-order valence-electron chi connectivity index (χ0n) is 10.9. The van der Waals surface area contributed by atoms with Crippen LogP contribution in [0.5, 0.6) is 0 Å². The number of hydrogen-bond donors (Lipinski definition) is 2. The van der Waals surface area contributed by atoms with Gasteiger partial charge in [0.1, 0.15) is 11.6 Å². The minimum Gasteiger partial charge on any atom is -0.341 e. The number of aryl methyl sites for hydroxylation is 1. The fourth-order valence-electron chi connectivity index (χ4n) is 1.78. The largest absolute Gasteiger partial charge is 0.341 e. The summed E-state index contributed by atoms with van der Waals surface area (Å²) in [4.78, 5) is 7.49. The van der Waals surface area contributed by atoms with Crippen molar-refractivity contribution in [3.63, 3.8) is 0 Å². The Morgan fingerprint density at radius 3 is 2.67 bits per heavy atom. The normalized spacial score (nSPS) is 13.0. The van der Waals surface area contributed by atoms with Gasteiger partial charge in [0.05, 0.1) is 17.9 Å². The topological polar surface area (TPSA) is 54.7 Å². The maximum absolute atomic E-state index is 13.2. The highest BCUT2D eigenvalue weighted by molar-refractivity contribution is 5.59. The molecule has 0 fully saturated rings. The highest BCUT2D eigenvalue weighted by atomic mass is 19.1. The van der Waals surface area contributed by atoms with E-state index in [1.807, 2.05) is 0 Å². The van der Waals surface area contributed by atoms with E-state index < -0.39 is 0 Å². The zero-order valence-corrected chi connectivity index (χ0v) is 10.9. The van der Waals surface area contributed by atoms with E-state index in [0.717, 1.165) is 17.1 Å². The number of nitrogens with two attached hydrogens (primary N) is 1. The molecule has 1 atom stereocenters. The summed E-state index contributed by atoms with van der Waals surface area (Å²) in [6.07, 6.45) is 1.74.